The molecule has 188 valence electrons. The summed E-state index contributed by atoms with van der Waals surface area (Å²) in [7, 11) is -3.99. The van der Waals surface area contributed by atoms with Gasteiger partial charge in [0.05, 0.1) is 27.4 Å². The average molecular weight is 520 g/mol. The van der Waals surface area contributed by atoms with Crippen molar-refractivity contribution in [1.29, 1.82) is 0 Å². The first-order valence-electron chi connectivity index (χ1n) is 12.3. The fourth-order valence-corrected chi connectivity index (χ4v) is 6.15. The minimum Gasteiger partial charge on any atom is -0.338 e. The van der Waals surface area contributed by atoms with Crippen molar-refractivity contribution in [2.45, 2.75) is 23.7 Å². The van der Waals surface area contributed by atoms with Gasteiger partial charge in [0, 0.05) is 30.1 Å². The lowest BCUT2D eigenvalue weighted by atomic mass is 9.73. The number of hydrogen-bond donors (Lipinski definition) is 1. The molecule has 38 heavy (non-hydrogen) atoms. The molecule has 0 bridgehead atoms. The second-order valence-electron chi connectivity index (χ2n) is 9.27. The van der Waals surface area contributed by atoms with Gasteiger partial charge in [-0.2, -0.15) is 12.5 Å². The van der Waals surface area contributed by atoms with Gasteiger partial charge in [-0.1, -0.05) is 60.2 Å². The minimum absolute atomic E-state index is 0.176. The molecule has 0 spiro atoms. The minimum atomic E-state index is -3.99. The molecule has 0 fully saturated rings. The van der Waals surface area contributed by atoms with Crippen LogP contribution in [0.15, 0.2) is 114 Å². The predicted octanol–water partition coefficient (Wildman–Crippen LogP) is 5.52. The van der Waals surface area contributed by atoms with Gasteiger partial charge in [-0.3, -0.25) is 9.97 Å². The van der Waals surface area contributed by atoms with Gasteiger partial charge in [0.1, 0.15) is 0 Å². The van der Waals surface area contributed by atoms with E-state index in [0.717, 1.165) is 22.6 Å². The summed E-state index contributed by atoms with van der Waals surface area (Å²) < 4.78 is 29.1. The molecule has 1 aliphatic rings. The van der Waals surface area contributed by atoms with E-state index in [0.29, 0.717) is 23.5 Å². The maximum absolute atomic E-state index is 14.0. The third kappa shape index (κ3) is 4.09. The molecule has 1 aliphatic carbocycles. The second kappa shape index (κ2) is 9.39. The average Bonchev–Trinajstić information content (AvgIpc) is 3.32. The molecule has 2 aromatic carbocycles. The van der Waals surface area contributed by atoms with E-state index >= 15 is 0 Å². The number of benzene rings is 2. The largest absolute Gasteiger partial charge is 0.338 e. The molecular weight excluding hydrogens is 494 g/mol. The molecule has 3 aromatic heterocycles. The van der Waals surface area contributed by atoms with Crippen LogP contribution in [0.3, 0.4) is 0 Å². The monoisotopic (exact) mass is 519 g/mol. The summed E-state index contributed by atoms with van der Waals surface area (Å²) in [6.07, 6.45) is 7.78. The Morgan fingerprint density at radius 3 is 2.05 bits per heavy atom. The van der Waals surface area contributed by atoms with Gasteiger partial charge in [0.2, 0.25) is 0 Å². The predicted molar refractivity (Wildman–Crippen MR) is 148 cm³/mol. The number of allylic oxidation sites excluding steroid dienone is 1. The van der Waals surface area contributed by atoms with Crippen LogP contribution >= 0.6 is 0 Å². The number of aromatic nitrogens is 4. The van der Waals surface area contributed by atoms with E-state index in [4.69, 9.17) is 0 Å². The van der Waals surface area contributed by atoms with Crippen molar-refractivity contribution < 1.29 is 8.42 Å². The first kappa shape index (κ1) is 23.8. The van der Waals surface area contributed by atoms with Crippen LogP contribution in [-0.2, 0) is 21.9 Å². The highest BCUT2D eigenvalue weighted by Crippen LogP contribution is 2.42. The molecule has 0 amide bonds. The van der Waals surface area contributed by atoms with Crippen LogP contribution < -0.4 is 5.32 Å². The van der Waals surface area contributed by atoms with Gasteiger partial charge in [0.25, 0.3) is 10.0 Å². The number of anilines is 2. The van der Waals surface area contributed by atoms with E-state index in [1.807, 2.05) is 79.7 Å². The molecule has 7 nitrogen and oxygen atoms in total. The Morgan fingerprint density at radius 2 is 1.45 bits per heavy atom. The van der Waals surface area contributed by atoms with Crippen molar-refractivity contribution in [3.8, 4) is 0 Å². The molecular formula is C30H25N5O2S. The molecule has 5 aromatic rings. The Morgan fingerprint density at radius 1 is 0.816 bits per heavy atom. The number of nitrogens with zero attached hydrogens (tertiary/aromatic N) is 4. The smallest absolute Gasteiger partial charge is 0.283 e. The number of pyridine rings is 2. The van der Waals surface area contributed by atoms with E-state index in [1.165, 1.54) is 4.09 Å². The van der Waals surface area contributed by atoms with E-state index in [1.54, 1.807) is 36.7 Å². The molecule has 0 saturated carbocycles. The highest BCUT2D eigenvalue weighted by molar-refractivity contribution is 7.89. The summed E-state index contributed by atoms with van der Waals surface area (Å²) in [4.78, 5) is 9.52. The molecule has 0 aliphatic heterocycles. The normalized spacial score (nSPS) is 14.1. The maximum Gasteiger partial charge on any atom is 0.283 e. The number of rotatable bonds is 6. The number of nitrogens with one attached hydrogen (secondary N) is 1. The Labute approximate surface area is 221 Å². The number of aryl methyl sites for hydroxylation is 1. The van der Waals surface area contributed by atoms with Crippen molar-refractivity contribution >= 4 is 27.6 Å². The summed E-state index contributed by atoms with van der Waals surface area (Å²) in [5.74, 6) is 0.466. The fourth-order valence-electron chi connectivity index (χ4n) is 4.83. The number of para-hydroxylation sites is 1. The lowest BCUT2D eigenvalue weighted by Gasteiger charge is -2.32. The first-order valence-corrected chi connectivity index (χ1v) is 13.7. The maximum atomic E-state index is 14.0. The third-order valence-electron chi connectivity index (χ3n) is 6.80. The SMILES string of the molecule is Cc1ccc(S(=O)(=O)n2nc(Nc3ccccc3)c3c2CC(c2ccccn2)(c2ccccn2)C=C3)cc1. The third-order valence-corrected chi connectivity index (χ3v) is 8.42. The van der Waals surface area contributed by atoms with Crippen LogP contribution in [0.25, 0.3) is 6.08 Å². The van der Waals surface area contributed by atoms with Crippen molar-refractivity contribution in [2.75, 3.05) is 5.32 Å². The summed E-state index contributed by atoms with van der Waals surface area (Å²) in [5.41, 5.74) is 3.84. The van der Waals surface area contributed by atoms with E-state index in [-0.39, 0.29) is 4.90 Å². The Kier molecular flexibility index (Phi) is 5.88. The standard InChI is InChI=1S/C30H25N5O2S/c1-22-13-15-24(16-14-22)38(36,37)35-26-21-30(27-11-5-7-19-31-27,28-12-6-8-20-32-28)18-17-25(26)29(34-35)33-23-9-3-2-4-10-23/h2-20H,21H2,1H3,(H,33,34). The molecule has 6 rings (SSSR count). The van der Waals surface area contributed by atoms with E-state index in [9.17, 15) is 8.42 Å². The summed E-state index contributed by atoms with van der Waals surface area (Å²) in [5, 5.41) is 7.95. The second-order valence-corrected chi connectivity index (χ2v) is 11.0. The van der Waals surface area contributed by atoms with Crippen LogP contribution in [0, 0.1) is 6.92 Å². The fraction of sp³-hybridized carbons (Fsp3) is 0.100. The Bertz CT molecular complexity index is 1680. The van der Waals surface area contributed by atoms with Gasteiger partial charge >= 0.3 is 0 Å². The molecule has 0 saturated heterocycles. The van der Waals surface area contributed by atoms with Gasteiger partial charge in [-0.25, -0.2) is 0 Å². The highest BCUT2D eigenvalue weighted by atomic mass is 32.2. The number of hydrogen-bond acceptors (Lipinski definition) is 6. The zero-order valence-electron chi connectivity index (χ0n) is 20.7. The van der Waals surface area contributed by atoms with Crippen molar-refractivity contribution in [1.82, 2.24) is 19.2 Å². The van der Waals surface area contributed by atoms with Crippen LogP contribution in [0.4, 0.5) is 11.5 Å². The van der Waals surface area contributed by atoms with Gasteiger partial charge in [-0.05, 0) is 55.5 Å². The van der Waals surface area contributed by atoms with Gasteiger partial charge in [-0.15, -0.1) is 5.10 Å². The van der Waals surface area contributed by atoms with Crippen LogP contribution in [-0.4, -0.2) is 27.6 Å². The van der Waals surface area contributed by atoms with Crippen molar-refractivity contribution in [3.63, 3.8) is 0 Å². The molecule has 0 atom stereocenters. The van der Waals surface area contributed by atoms with Crippen LogP contribution in [0.2, 0.25) is 0 Å². The zero-order valence-corrected chi connectivity index (χ0v) is 21.5. The lowest BCUT2D eigenvalue weighted by Crippen LogP contribution is -2.34. The lowest BCUT2D eigenvalue weighted by molar-refractivity contribution is 0.554. The molecule has 8 heteroatoms. The molecule has 0 radical (unpaired) electrons. The number of fused-ring (bicyclic) bond motifs is 1. The zero-order chi connectivity index (χ0) is 26.2. The molecule has 3 heterocycles. The van der Waals surface area contributed by atoms with Crippen molar-refractivity contribution in [2.24, 2.45) is 0 Å². The Hall–Kier alpha value is -4.56. The van der Waals surface area contributed by atoms with E-state index in [2.05, 4.69) is 26.5 Å². The van der Waals surface area contributed by atoms with Crippen LogP contribution in [0.1, 0.15) is 28.2 Å². The van der Waals surface area contributed by atoms with Gasteiger partial charge in [0.15, 0.2) is 5.82 Å². The molecule has 1 N–H and O–H groups in total. The van der Waals surface area contributed by atoms with Crippen LogP contribution in [0.5, 0.6) is 0 Å². The summed E-state index contributed by atoms with van der Waals surface area (Å²) >= 11 is 0. The first-order chi connectivity index (χ1) is 18.5. The Balaban J connectivity index is 1.57. The quantitative estimate of drug-likeness (QED) is 0.318. The topological polar surface area (TPSA) is 89.8 Å². The summed E-state index contributed by atoms with van der Waals surface area (Å²) in [6.45, 7) is 1.92. The van der Waals surface area contributed by atoms with E-state index < -0.39 is 15.4 Å². The van der Waals surface area contributed by atoms with Gasteiger partial charge < -0.3 is 5.32 Å². The van der Waals surface area contributed by atoms with Crippen molar-refractivity contribution in [3.05, 3.63) is 138 Å². The summed E-state index contributed by atoms with van der Waals surface area (Å²) in [6, 6.07) is 27.9. The molecule has 0 unspecified atom stereocenters. The highest BCUT2D eigenvalue weighted by Gasteiger charge is 2.41.